The van der Waals surface area contributed by atoms with Crippen molar-refractivity contribution in [2.45, 2.75) is 18.9 Å². The molecule has 1 aromatic heterocycles. The Bertz CT molecular complexity index is 556. The molecule has 0 fully saturated rings. The van der Waals surface area contributed by atoms with E-state index in [2.05, 4.69) is 17.4 Å². The van der Waals surface area contributed by atoms with Crippen molar-refractivity contribution in [3.63, 3.8) is 0 Å². The summed E-state index contributed by atoms with van der Waals surface area (Å²) >= 11 is 0. The van der Waals surface area contributed by atoms with E-state index in [1.165, 1.54) is 0 Å². The van der Waals surface area contributed by atoms with E-state index in [1.54, 1.807) is 0 Å². The minimum Gasteiger partial charge on any atom is -0.312 e. The van der Waals surface area contributed by atoms with Gasteiger partial charge in [-0.15, -0.1) is 0 Å². The topological polar surface area (TPSA) is 34.0 Å². The number of nitrogens with one attached hydrogen (secondary N) is 1. The second kappa shape index (κ2) is 3.46. The van der Waals surface area contributed by atoms with E-state index in [9.17, 15) is 4.79 Å². The van der Waals surface area contributed by atoms with Gasteiger partial charge < -0.3 is 5.32 Å². The van der Waals surface area contributed by atoms with Crippen LogP contribution >= 0.6 is 0 Å². The Labute approximate surface area is 94.1 Å². The molecular formula is C13H14N2O. The maximum atomic E-state index is 12.0. The van der Waals surface area contributed by atoms with Gasteiger partial charge >= 0.3 is 0 Å². The number of nitrogens with zero attached hydrogens (tertiary/aromatic N) is 1. The van der Waals surface area contributed by atoms with Crippen LogP contribution < -0.4 is 5.32 Å². The van der Waals surface area contributed by atoms with Crippen molar-refractivity contribution in [2.75, 3.05) is 7.05 Å². The van der Waals surface area contributed by atoms with Gasteiger partial charge in [-0.1, -0.05) is 18.2 Å². The quantitative estimate of drug-likeness (QED) is 0.790. The van der Waals surface area contributed by atoms with Crippen molar-refractivity contribution in [3.05, 3.63) is 36.0 Å². The lowest BCUT2D eigenvalue weighted by atomic mass is 10.0. The van der Waals surface area contributed by atoms with Gasteiger partial charge in [0.2, 0.25) is 5.91 Å². The smallest absolute Gasteiger partial charge is 0.231 e. The van der Waals surface area contributed by atoms with Crippen LogP contribution in [0.2, 0.25) is 0 Å². The van der Waals surface area contributed by atoms with E-state index in [4.69, 9.17) is 0 Å². The summed E-state index contributed by atoms with van der Waals surface area (Å²) < 4.78 is 1.86. The number of carbonyl (C=O) groups excluding carboxylic acids is 1. The summed E-state index contributed by atoms with van der Waals surface area (Å²) in [6.45, 7) is 0. The zero-order chi connectivity index (χ0) is 11.1. The van der Waals surface area contributed by atoms with Crippen LogP contribution in [0.3, 0.4) is 0 Å². The molecule has 1 atom stereocenters. The van der Waals surface area contributed by atoms with Gasteiger partial charge in [-0.25, -0.2) is 0 Å². The number of aromatic nitrogens is 1. The maximum absolute atomic E-state index is 12.0. The predicted octanol–water partition coefficient (Wildman–Crippen LogP) is 2.34. The fourth-order valence-electron chi connectivity index (χ4n) is 2.53. The molecule has 82 valence electrons. The van der Waals surface area contributed by atoms with Gasteiger partial charge in [0.1, 0.15) is 0 Å². The zero-order valence-electron chi connectivity index (χ0n) is 9.23. The molecule has 1 aliphatic heterocycles. The molecule has 0 radical (unpaired) electrons. The van der Waals surface area contributed by atoms with Crippen molar-refractivity contribution in [2.24, 2.45) is 0 Å². The Hall–Kier alpha value is -1.61. The van der Waals surface area contributed by atoms with Gasteiger partial charge in [-0.05, 0) is 25.6 Å². The van der Waals surface area contributed by atoms with Crippen LogP contribution in [0.25, 0.3) is 10.9 Å². The lowest BCUT2D eigenvalue weighted by Crippen LogP contribution is -2.28. The molecule has 1 N–H and O–H groups in total. The molecule has 1 aromatic carbocycles. The Morgan fingerprint density at radius 3 is 3.00 bits per heavy atom. The Morgan fingerprint density at radius 2 is 2.19 bits per heavy atom. The van der Waals surface area contributed by atoms with Gasteiger partial charge in [0, 0.05) is 23.5 Å². The Balaban J connectivity index is 2.31. The molecular weight excluding hydrogens is 200 g/mol. The van der Waals surface area contributed by atoms with E-state index < -0.39 is 0 Å². The summed E-state index contributed by atoms with van der Waals surface area (Å²) in [5.74, 6) is 0.211. The molecule has 2 aromatic rings. The highest BCUT2D eigenvalue weighted by atomic mass is 16.2. The first-order valence-corrected chi connectivity index (χ1v) is 5.62. The highest BCUT2D eigenvalue weighted by Gasteiger charge is 2.25. The molecule has 0 aliphatic carbocycles. The van der Waals surface area contributed by atoms with Crippen LogP contribution in [-0.4, -0.2) is 17.5 Å². The van der Waals surface area contributed by atoms with Gasteiger partial charge in [-0.2, -0.15) is 0 Å². The zero-order valence-corrected chi connectivity index (χ0v) is 9.23. The fourth-order valence-corrected chi connectivity index (χ4v) is 2.53. The third-order valence-corrected chi connectivity index (χ3v) is 3.34. The lowest BCUT2D eigenvalue weighted by molar-refractivity contribution is 0.0877. The van der Waals surface area contributed by atoms with Crippen molar-refractivity contribution in [3.8, 4) is 0 Å². The molecule has 0 bridgehead atoms. The van der Waals surface area contributed by atoms with Gasteiger partial charge in [0.05, 0.1) is 5.52 Å². The summed E-state index contributed by atoms with van der Waals surface area (Å²) in [5.41, 5.74) is 2.13. The van der Waals surface area contributed by atoms with E-state index in [1.807, 2.05) is 29.8 Å². The first-order chi connectivity index (χ1) is 7.81. The normalized spacial score (nSPS) is 20.1. The van der Waals surface area contributed by atoms with Crippen LogP contribution in [0.15, 0.2) is 30.3 Å². The summed E-state index contributed by atoms with van der Waals surface area (Å²) in [6.07, 6.45) is 1.52. The van der Waals surface area contributed by atoms with Gasteiger partial charge in [0.15, 0.2) is 0 Å². The molecule has 3 heteroatoms. The van der Waals surface area contributed by atoms with Crippen LogP contribution in [-0.2, 0) is 0 Å². The summed E-state index contributed by atoms with van der Waals surface area (Å²) in [5, 5.41) is 4.41. The number of rotatable bonds is 1. The molecule has 2 heterocycles. The summed E-state index contributed by atoms with van der Waals surface area (Å²) in [4.78, 5) is 12.0. The average Bonchev–Trinajstić information content (AvgIpc) is 2.69. The minimum absolute atomic E-state index is 0.211. The van der Waals surface area contributed by atoms with Crippen LogP contribution in [0.4, 0.5) is 0 Å². The number of carbonyl (C=O) groups is 1. The molecule has 1 aliphatic rings. The van der Waals surface area contributed by atoms with E-state index >= 15 is 0 Å². The molecule has 0 spiro atoms. The van der Waals surface area contributed by atoms with Crippen molar-refractivity contribution in [1.82, 2.24) is 9.88 Å². The number of benzene rings is 1. The standard InChI is InChI=1S/C13H14N2O/c1-14-10-6-7-13(16)15-11-5-3-2-4-9(11)8-12(10)15/h2-5,8,10,14H,6-7H2,1H3. The molecule has 0 amide bonds. The van der Waals surface area contributed by atoms with Crippen molar-refractivity contribution >= 4 is 16.8 Å². The van der Waals surface area contributed by atoms with Crippen molar-refractivity contribution in [1.29, 1.82) is 0 Å². The molecule has 0 saturated heterocycles. The highest BCUT2D eigenvalue weighted by molar-refractivity contribution is 5.94. The SMILES string of the molecule is CNC1CCC(=O)n2c1cc1ccccc12. The number of para-hydroxylation sites is 1. The molecule has 16 heavy (non-hydrogen) atoms. The molecule has 3 rings (SSSR count). The second-order valence-electron chi connectivity index (χ2n) is 4.24. The van der Waals surface area contributed by atoms with Crippen LogP contribution in [0.1, 0.15) is 29.4 Å². The molecule has 3 nitrogen and oxygen atoms in total. The maximum Gasteiger partial charge on any atom is 0.231 e. The predicted molar refractivity (Wildman–Crippen MR) is 63.6 cm³/mol. The molecule has 1 unspecified atom stereocenters. The summed E-state index contributed by atoms with van der Waals surface area (Å²) in [6, 6.07) is 10.5. The van der Waals surface area contributed by atoms with E-state index in [0.717, 1.165) is 23.0 Å². The van der Waals surface area contributed by atoms with Gasteiger partial charge in [-0.3, -0.25) is 9.36 Å². The Morgan fingerprint density at radius 1 is 1.38 bits per heavy atom. The second-order valence-corrected chi connectivity index (χ2v) is 4.24. The first kappa shape index (κ1) is 9.60. The summed E-state index contributed by atoms with van der Waals surface area (Å²) in [7, 11) is 1.95. The minimum atomic E-state index is 0.211. The largest absolute Gasteiger partial charge is 0.312 e. The monoisotopic (exact) mass is 214 g/mol. The lowest BCUT2D eigenvalue weighted by Gasteiger charge is -2.23. The average molecular weight is 214 g/mol. The number of fused-ring (bicyclic) bond motifs is 3. The van der Waals surface area contributed by atoms with Crippen molar-refractivity contribution < 1.29 is 4.79 Å². The van der Waals surface area contributed by atoms with Crippen LogP contribution in [0, 0.1) is 0 Å². The van der Waals surface area contributed by atoms with Gasteiger partial charge in [0.25, 0.3) is 0 Å². The third-order valence-electron chi connectivity index (χ3n) is 3.34. The third kappa shape index (κ3) is 1.21. The fraction of sp³-hybridized carbons (Fsp3) is 0.308. The van der Waals surface area contributed by atoms with Crippen LogP contribution in [0.5, 0.6) is 0 Å². The first-order valence-electron chi connectivity index (χ1n) is 5.62. The van der Waals surface area contributed by atoms with E-state index in [-0.39, 0.29) is 5.91 Å². The number of hydrogen-bond donors (Lipinski definition) is 1. The molecule has 0 saturated carbocycles. The Kier molecular flexibility index (Phi) is 2.07. The van der Waals surface area contributed by atoms with E-state index in [0.29, 0.717) is 12.5 Å². The number of hydrogen-bond acceptors (Lipinski definition) is 2. The highest BCUT2D eigenvalue weighted by Crippen LogP contribution is 2.30.